The molecule has 2 aromatic carbocycles. The van der Waals surface area contributed by atoms with Crippen LogP contribution in [0.2, 0.25) is 0 Å². The quantitative estimate of drug-likeness (QED) is 0.647. The SMILES string of the molecule is O=C(O)c1ccc(N2C(=O)/C(=C/c3cccc(O)c3)SC2=S)cc1. The number of carboxylic acids is 1. The molecule has 2 N–H and O–H groups in total. The molecule has 0 spiro atoms. The van der Waals surface area contributed by atoms with Crippen LogP contribution in [0.3, 0.4) is 0 Å². The molecule has 1 saturated heterocycles. The smallest absolute Gasteiger partial charge is 0.335 e. The van der Waals surface area contributed by atoms with Gasteiger partial charge in [-0.25, -0.2) is 4.79 Å². The Bertz CT molecular complexity index is 874. The third-order valence-electron chi connectivity index (χ3n) is 3.33. The maximum atomic E-state index is 12.6. The monoisotopic (exact) mass is 357 g/mol. The molecule has 1 aliphatic rings. The maximum Gasteiger partial charge on any atom is 0.335 e. The van der Waals surface area contributed by atoms with E-state index in [0.717, 1.165) is 11.8 Å². The summed E-state index contributed by atoms with van der Waals surface area (Å²) >= 11 is 6.42. The molecule has 2 aromatic rings. The summed E-state index contributed by atoms with van der Waals surface area (Å²) in [7, 11) is 0. The van der Waals surface area contributed by atoms with E-state index in [1.54, 1.807) is 42.5 Å². The fourth-order valence-corrected chi connectivity index (χ4v) is 3.51. The minimum Gasteiger partial charge on any atom is -0.508 e. The Hall–Kier alpha value is -2.64. The van der Waals surface area contributed by atoms with Gasteiger partial charge in [0.15, 0.2) is 4.32 Å². The Labute approximate surface area is 147 Å². The van der Waals surface area contributed by atoms with Crippen LogP contribution in [0.1, 0.15) is 15.9 Å². The Kier molecular flexibility index (Phi) is 4.37. The molecular weight excluding hydrogens is 346 g/mol. The Balaban J connectivity index is 1.90. The number of carboxylic acid groups (broad SMARTS) is 1. The number of phenolic OH excluding ortho intramolecular Hbond substituents is 1. The Morgan fingerprint density at radius 1 is 1.17 bits per heavy atom. The fourth-order valence-electron chi connectivity index (χ4n) is 2.21. The van der Waals surface area contributed by atoms with Gasteiger partial charge in [0.25, 0.3) is 5.91 Å². The standard InChI is InChI=1S/C17H11NO4S2/c19-13-3-1-2-10(8-13)9-14-15(20)18(17(23)24-14)12-6-4-11(5-7-12)16(21)22/h1-9,19H,(H,21,22)/b14-9-. The van der Waals surface area contributed by atoms with E-state index in [-0.39, 0.29) is 17.2 Å². The summed E-state index contributed by atoms with van der Waals surface area (Å²) < 4.78 is 0.370. The van der Waals surface area contributed by atoms with Gasteiger partial charge in [-0.05, 0) is 48.0 Å². The summed E-state index contributed by atoms with van der Waals surface area (Å²) in [6, 6.07) is 12.5. The second kappa shape index (κ2) is 6.46. The highest BCUT2D eigenvalue weighted by molar-refractivity contribution is 8.27. The van der Waals surface area contributed by atoms with Gasteiger partial charge in [-0.3, -0.25) is 9.69 Å². The summed E-state index contributed by atoms with van der Waals surface area (Å²) in [6.07, 6.45) is 1.66. The van der Waals surface area contributed by atoms with E-state index < -0.39 is 5.97 Å². The van der Waals surface area contributed by atoms with Crippen LogP contribution in [-0.4, -0.2) is 26.4 Å². The average molecular weight is 357 g/mol. The van der Waals surface area contributed by atoms with Crippen LogP contribution in [0.15, 0.2) is 53.4 Å². The molecule has 0 saturated carbocycles. The minimum atomic E-state index is -1.03. The van der Waals surface area contributed by atoms with E-state index in [4.69, 9.17) is 17.3 Å². The van der Waals surface area contributed by atoms with Gasteiger partial charge in [0.2, 0.25) is 0 Å². The molecule has 0 aliphatic carbocycles. The highest BCUT2D eigenvalue weighted by atomic mass is 32.2. The van der Waals surface area contributed by atoms with Gasteiger partial charge < -0.3 is 10.2 Å². The number of rotatable bonds is 3. The molecule has 5 nitrogen and oxygen atoms in total. The van der Waals surface area contributed by atoms with Crippen molar-refractivity contribution in [3.8, 4) is 5.75 Å². The molecule has 3 rings (SSSR count). The lowest BCUT2D eigenvalue weighted by atomic mass is 10.2. The predicted molar refractivity (Wildman–Crippen MR) is 97.2 cm³/mol. The number of hydrogen-bond acceptors (Lipinski definition) is 5. The summed E-state index contributed by atoms with van der Waals surface area (Å²) in [4.78, 5) is 25.3. The first-order valence-corrected chi connectivity index (χ1v) is 8.08. The molecule has 24 heavy (non-hydrogen) atoms. The number of thiocarbonyl (C=S) groups is 1. The maximum absolute atomic E-state index is 12.6. The van der Waals surface area contributed by atoms with Crippen molar-refractivity contribution in [3.05, 3.63) is 64.6 Å². The van der Waals surface area contributed by atoms with Gasteiger partial charge in [0.05, 0.1) is 16.2 Å². The van der Waals surface area contributed by atoms with Crippen LogP contribution in [0, 0.1) is 0 Å². The topological polar surface area (TPSA) is 77.8 Å². The molecule has 1 amide bonds. The molecule has 0 radical (unpaired) electrons. The van der Waals surface area contributed by atoms with Crippen molar-refractivity contribution in [2.75, 3.05) is 4.90 Å². The largest absolute Gasteiger partial charge is 0.508 e. The van der Waals surface area contributed by atoms with E-state index in [9.17, 15) is 14.7 Å². The number of anilines is 1. The summed E-state index contributed by atoms with van der Waals surface area (Å²) in [6.45, 7) is 0. The third-order valence-corrected chi connectivity index (χ3v) is 4.64. The highest BCUT2D eigenvalue weighted by Gasteiger charge is 2.33. The molecule has 1 aliphatic heterocycles. The van der Waals surface area contributed by atoms with Crippen LogP contribution >= 0.6 is 24.0 Å². The van der Waals surface area contributed by atoms with Crippen molar-refractivity contribution < 1.29 is 19.8 Å². The first-order chi connectivity index (χ1) is 11.5. The number of benzene rings is 2. The van der Waals surface area contributed by atoms with Crippen molar-refractivity contribution in [1.29, 1.82) is 0 Å². The van der Waals surface area contributed by atoms with Gasteiger partial charge >= 0.3 is 5.97 Å². The highest BCUT2D eigenvalue weighted by Crippen LogP contribution is 2.36. The van der Waals surface area contributed by atoms with Gasteiger partial charge in [-0.15, -0.1) is 0 Å². The minimum absolute atomic E-state index is 0.114. The first-order valence-electron chi connectivity index (χ1n) is 6.86. The molecular formula is C17H11NO4S2. The zero-order valence-electron chi connectivity index (χ0n) is 12.2. The molecule has 0 aromatic heterocycles. The van der Waals surface area contributed by atoms with Crippen LogP contribution in [0.4, 0.5) is 5.69 Å². The van der Waals surface area contributed by atoms with Crippen LogP contribution in [0.5, 0.6) is 5.75 Å². The van der Waals surface area contributed by atoms with E-state index in [1.807, 2.05) is 0 Å². The molecule has 0 unspecified atom stereocenters. The number of amides is 1. The lowest BCUT2D eigenvalue weighted by Gasteiger charge is -2.14. The van der Waals surface area contributed by atoms with Crippen molar-refractivity contribution in [2.24, 2.45) is 0 Å². The van der Waals surface area contributed by atoms with Crippen molar-refractivity contribution in [1.82, 2.24) is 0 Å². The van der Waals surface area contributed by atoms with Gasteiger partial charge in [-0.2, -0.15) is 0 Å². The molecule has 0 bridgehead atoms. The van der Waals surface area contributed by atoms with Gasteiger partial charge in [0.1, 0.15) is 5.75 Å². The Morgan fingerprint density at radius 3 is 2.50 bits per heavy atom. The van der Waals surface area contributed by atoms with Crippen molar-refractivity contribution in [3.63, 3.8) is 0 Å². The predicted octanol–water partition coefficient (Wildman–Crippen LogP) is 3.50. The number of hydrogen-bond donors (Lipinski definition) is 2. The number of aromatic carboxylic acids is 1. The molecule has 1 heterocycles. The average Bonchev–Trinajstić information content (AvgIpc) is 2.81. The number of thioether (sulfide) groups is 1. The van der Waals surface area contributed by atoms with E-state index in [0.29, 0.717) is 20.5 Å². The van der Waals surface area contributed by atoms with E-state index in [2.05, 4.69) is 0 Å². The number of carbonyl (C=O) groups excluding carboxylic acids is 1. The zero-order valence-corrected chi connectivity index (χ0v) is 13.8. The molecule has 120 valence electrons. The second-order valence-electron chi connectivity index (χ2n) is 4.96. The third kappa shape index (κ3) is 3.17. The lowest BCUT2D eigenvalue weighted by Crippen LogP contribution is -2.27. The number of phenols is 1. The number of nitrogens with zero attached hydrogens (tertiary/aromatic N) is 1. The van der Waals surface area contributed by atoms with Gasteiger partial charge in [0, 0.05) is 0 Å². The van der Waals surface area contributed by atoms with Crippen LogP contribution < -0.4 is 4.90 Å². The number of aromatic hydroxyl groups is 1. The van der Waals surface area contributed by atoms with Gasteiger partial charge in [-0.1, -0.05) is 36.1 Å². The normalized spacial score (nSPS) is 16.0. The second-order valence-corrected chi connectivity index (χ2v) is 6.64. The van der Waals surface area contributed by atoms with Crippen LogP contribution in [-0.2, 0) is 4.79 Å². The number of carbonyl (C=O) groups is 2. The summed E-state index contributed by atoms with van der Waals surface area (Å²) in [5.74, 6) is -1.20. The Morgan fingerprint density at radius 2 is 1.88 bits per heavy atom. The van der Waals surface area contributed by atoms with E-state index >= 15 is 0 Å². The molecule has 1 fully saturated rings. The first kappa shape index (κ1) is 16.2. The van der Waals surface area contributed by atoms with Crippen molar-refractivity contribution >= 4 is 51.9 Å². The van der Waals surface area contributed by atoms with Crippen molar-refractivity contribution in [2.45, 2.75) is 0 Å². The zero-order chi connectivity index (χ0) is 17.3. The fraction of sp³-hybridized carbons (Fsp3) is 0. The lowest BCUT2D eigenvalue weighted by molar-refractivity contribution is -0.113. The molecule has 0 atom stereocenters. The molecule has 7 heteroatoms. The summed E-state index contributed by atoms with van der Waals surface area (Å²) in [5.41, 5.74) is 1.35. The van der Waals surface area contributed by atoms with E-state index in [1.165, 1.54) is 17.0 Å². The van der Waals surface area contributed by atoms with Crippen LogP contribution in [0.25, 0.3) is 6.08 Å². The summed E-state index contributed by atoms with van der Waals surface area (Å²) in [5, 5.41) is 18.4.